The van der Waals surface area contributed by atoms with E-state index in [1.165, 1.54) is 17.4 Å². The zero-order chi connectivity index (χ0) is 9.84. The standard InChI is InChI=1S/C9H9FN2S/c1-2-6(5-11)8(12)9-7(10)3-4-13-9/h3-4H,2,12H2,1H3/b8-6-. The number of nitrogens with zero attached hydrogens (tertiary/aromatic N) is 1. The summed E-state index contributed by atoms with van der Waals surface area (Å²) in [5.74, 6) is -0.358. The van der Waals surface area contributed by atoms with E-state index in [1.807, 2.05) is 13.0 Å². The van der Waals surface area contributed by atoms with E-state index in [0.29, 0.717) is 16.9 Å². The first-order chi connectivity index (χ1) is 6.20. The quantitative estimate of drug-likeness (QED) is 0.739. The van der Waals surface area contributed by atoms with Crippen LogP contribution in [-0.4, -0.2) is 0 Å². The topological polar surface area (TPSA) is 49.8 Å². The second kappa shape index (κ2) is 4.06. The van der Waals surface area contributed by atoms with Crippen LogP contribution in [0.3, 0.4) is 0 Å². The minimum atomic E-state index is -0.358. The van der Waals surface area contributed by atoms with Crippen LogP contribution in [0.2, 0.25) is 0 Å². The summed E-state index contributed by atoms with van der Waals surface area (Å²) in [6.45, 7) is 1.82. The van der Waals surface area contributed by atoms with Gasteiger partial charge in [-0.2, -0.15) is 5.26 Å². The highest BCUT2D eigenvalue weighted by molar-refractivity contribution is 7.11. The zero-order valence-corrected chi connectivity index (χ0v) is 7.99. The molecule has 0 saturated carbocycles. The van der Waals surface area contributed by atoms with E-state index >= 15 is 0 Å². The summed E-state index contributed by atoms with van der Waals surface area (Å²) < 4.78 is 13.0. The molecule has 1 aromatic heterocycles. The smallest absolute Gasteiger partial charge is 0.143 e. The summed E-state index contributed by atoms with van der Waals surface area (Å²) >= 11 is 1.21. The van der Waals surface area contributed by atoms with Crippen LogP contribution < -0.4 is 5.73 Å². The van der Waals surface area contributed by atoms with Gasteiger partial charge in [0.1, 0.15) is 5.82 Å². The summed E-state index contributed by atoms with van der Waals surface area (Å²) in [6, 6.07) is 3.31. The molecule has 2 nitrogen and oxygen atoms in total. The minimum Gasteiger partial charge on any atom is -0.397 e. The largest absolute Gasteiger partial charge is 0.397 e. The van der Waals surface area contributed by atoms with Crippen LogP contribution in [0.25, 0.3) is 5.70 Å². The van der Waals surface area contributed by atoms with Gasteiger partial charge in [0.25, 0.3) is 0 Å². The fourth-order valence-electron chi connectivity index (χ4n) is 0.953. The normalized spacial score (nSPS) is 12.1. The third kappa shape index (κ3) is 1.87. The predicted molar refractivity (Wildman–Crippen MR) is 51.3 cm³/mol. The van der Waals surface area contributed by atoms with E-state index in [4.69, 9.17) is 11.0 Å². The summed E-state index contributed by atoms with van der Waals surface area (Å²) in [4.78, 5) is 0.360. The molecule has 0 unspecified atom stereocenters. The Balaban J connectivity index is 3.17. The van der Waals surface area contributed by atoms with Crippen molar-refractivity contribution in [3.05, 3.63) is 27.7 Å². The first kappa shape index (κ1) is 9.75. The predicted octanol–water partition coefficient (Wildman–Crippen LogP) is 2.49. The third-order valence-corrected chi connectivity index (χ3v) is 2.60. The van der Waals surface area contributed by atoms with Crippen molar-refractivity contribution in [1.29, 1.82) is 5.26 Å². The number of thiophene rings is 1. The number of hydrogen-bond donors (Lipinski definition) is 1. The molecule has 13 heavy (non-hydrogen) atoms. The Labute approximate surface area is 80.1 Å². The Hall–Kier alpha value is -1.34. The van der Waals surface area contributed by atoms with E-state index in [1.54, 1.807) is 5.38 Å². The van der Waals surface area contributed by atoms with Crippen molar-refractivity contribution in [2.75, 3.05) is 0 Å². The Morgan fingerprint density at radius 3 is 2.85 bits per heavy atom. The van der Waals surface area contributed by atoms with Gasteiger partial charge in [-0.15, -0.1) is 11.3 Å². The average molecular weight is 196 g/mol. The highest BCUT2D eigenvalue weighted by Crippen LogP contribution is 2.23. The first-order valence-electron chi connectivity index (χ1n) is 3.82. The molecule has 1 aromatic rings. The van der Waals surface area contributed by atoms with Gasteiger partial charge >= 0.3 is 0 Å². The molecule has 68 valence electrons. The molecular formula is C9H9FN2S. The molecule has 0 saturated heterocycles. The second-order valence-electron chi connectivity index (χ2n) is 2.46. The second-order valence-corrected chi connectivity index (χ2v) is 3.37. The molecule has 0 atom stereocenters. The van der Waals surface area contributed by atoms with Crippen LogP contribution >= 0.6 is 11.3 Å². The molecule has 0 aliphatic heterocycles. The molecular weight excluding hydrogens is 187 g/mol. The van der Waals surface area contributed by atoms with Crippen molar-refractivity contribution in [2.45, 2.75) is 13.3 Å². The van der Waals surface area contributed by atoms with Crippen molar-refractivity contribution < 1.29 is 4.39 Å². The van der Waals surface area contributed by atoms with Crippen molar-refractivity contribution in [1.82, 2.24) is 0 Å². The van der Waals surface area contributed by atoms with Crippen LogP contribution in [0.4, 0.5) is 4.39 Å². The molecule has 0 fully saturated rings. The maximum Gasteiger partial charge on any atom is 0.143 e. The Morgan fingerprint density at radius 1 is 1.77 bits per heavy atom. The molecule has 0 aliphatic rings. The molecule has 0 amide bonds. The van der Waals surface area contributed by atoms with Gasteiger partial charge in [-0.3, -0.25) is 0 Å². The lowest BCUT2D eigenvalue weighted by molar-refractivity contribution is 0.630. The molecule has 1 heterocycles. The summed E-state index contributed by atoms with van der Waals surface area (Å²) in [5, 5.41) is 10.3. The fraction of sp³-hybridized carbons (Fsp3) is 0.222. The minimum absolute atomic E-state index is 0.262. The zero-order valence-electron chi connectivity index (χ0n) is 7.17. The van der Waals surface area contributed by atoms with Gasteiger partial charge in [0.05, 0.1) is 22.2 Å². The molecule has 0 aliphatic carbocycles. The molecule has 1 rings (SSSR count). The van der Waals surface area contributed by atoms with Crippen LogP contribution in [0.15, 0.2) is 17.0 Å². The number of allylic oxidation sites excluding steroid dienone is 1. The van der Waals surface area contributed by atoms with Crippen molar-refractivity contribution in [3.63, 3.8) is 0 Å². The molecule has 0 aromatic carbocycles. The monoisotopic (exact) mass is 196 g/mol. The fourth-order valence-corrected chi connectivity index (χ4v) is 1.71. The van der Waals surface area contributed by atoms with Gasteiger partial charge in [-0.05, 0) is 17.9 Å². The maximum absolute atomic E-state index is 13.0. The number of nitriles is 1. The van der Waals surface area contributed by atoms with Crippen LogP contribution in [0.5, 0.6) is 0 Å². The lowest BCUT2D eigenvalue weighted by Gasteiger charge is -2.00. The van der Waals surface area contributed by atoms with E-state index in [0.717, 1.165) is 0 Å². The van der Waals surface area contributed by atoms with Gasteiger partial charge in [0.15, 0.2) is 0 Å². The molecule has 4 heteroatoms. The van der Waals surface area contributed by atoms with Gasteiger partial charge in [-0.1, -0.05) is 6.92 Å². The summed E-state index contributed by atoms with van der Waals surface area (Å²) in [6.07, 6.45) is 0.527. The number of hydrogen-bond acceptors (Lipinski definition) is 3. The van der Waals surface area contributed by atoms with Crippen molar-refractivity contribution in [3.8, 4) is 6.07 Å². The highest BCUT2D eigenvalue weighted by atomic mass is 32.1. The molecule has 2 N–H and O–H groups in total. The molecule has 0 bridgehead atoms. The first-order valence-corrected chi connectivity index (χ1v) is 4.70. The van der Waals surface area contributed by atoms with Crippen LogP contribution in [-0.2, 0) is 0 Å². The van der Waals surface area contributed by atoms with Crippen molar-refractivity contribution >= 4 is 17.0 Å². The van der Waals surface area contributed by atoms with Gasteiger partial charge in [-0.25, -0.2) is 4.39 Å². The maximum atomic E-state index is 13.0. The Bertz CT molecular complexity index is 373. The highest BCUT2D eigenvalue weighted by Gasteiger charge is 2.09. The number of halogens is 1. The van der Waals surface area contributed by atoms with Gasteiger partial charge in [0, 0.05) is 0 Å². The number of rotatable bonds is 2. The van der Waals surface area contributed by atoms with E-state index in [9.17, 15) is 4.39 Å². The number of nitrogens with two attached hydrogens (primary N) is 1. The third-order valence-electron chi connectivity index (χ3n) is 1.68. The molecule has 0 radical (unpaired) electrons. The average Bonchev–Trinajstić information content (AvgIpc) is 2.53. The van der Waals surface area contributed by atoms with E-state index < -0.39 is 0 Å². The lowest BCUT2D eigenvalue weighted by atomic mass is 10.1. The Kier molecular flexibility index (Phi) is 3.04. The summed E-state index contributed by atoms with van der Waals surface area (Å²) in [7, 11) is 0. The van der Waals surface area contributed by atoms with Gasteiger partial charge < -0.3 is 5.73 Å². The van der Waals surface area contributed by atoms with E-state index in [2.05, 4.69) is 0 Å². The lowest BCUT2D eigenvalue weighted by Crippen LogP contribution is -1.99. The Morgan fingerprint density at radius 2 is 2.46 bits per heavy atom. The van der Waals surface area contributed by atoms with Gasteiger partial charge in [0.2, 0.25) is 0 Å². The summed E-state index contributed by atoms with van der Waals surface area (Å²) in [5.41, 5.74) is 6.33. The molecule has 0 spiro atoms. The van der Waals surface area contributed by atoms with Crippen LogP contribution in [0.1, 0.15) is 18.2 Å². The SMILES string of the molecule is CC/C(C#N)=C(/N)c1sccc1F. The van der Waals surface area contributed by atoms with Crippen molar-refractivity contribution in [2.24, 2.45) is 5.73 Å². The van der Waals surface area contributed by atoms with E-state index in [-0.39, 0.29) is 11.5 Å². The van der Waals surface area contributed by atoms with Crippen LogP contribution in [0, 0.1) is 17.1 Å².